The monoisotopic (exact) mass is 276 g/mol. The molecular formula is C13H12N2O5. The third-order valence-corrected chi connectivity index (χ3v) is 2.67. The Labute approximate surface area is 114 Å². The minimum atomic E-state index is -1.00. The van der Waals surface area contributed by atoms with Crippen LogP contribution in [0.2, 0.25) is 0 Å². The number of nitrogens with zero attached hydrogens (tertiary/aromatic N) is 1. The van der Waals surface area contributed by atoms with Crippen molar-refractivity contribution in [2.75, 3.05) is 6.54 Å². The molecular weight excluding hydrogens is 264 g/mol. The fourth-order valence-electron chi connectivity index (χ4n) is 1.69. The lowest BCUT2D eigenvalue weighted by Crippen LogP contribution is -2.28. The van der Waals surface area contributed by atoms with Crippen LogP contribution in [-0.2, 0) is 0 Å². The normalized spacial score (nSPS) is 11.8. The summed E-state index contributed by atoms with van der Waals surface area (Å²) in [6.45, 7) is -0.0988. The fraction of sp³-hybridized carbons (Fsp3) is 0.154. The number of nitro benzene ring substituents is 1. The molecule has 0 aliphatic carbocycles. The molecule has 7 nitrogen and oxygen atoms in total. The Kier molecular flexibility index (Phi) is 4.11. The number of furan rings is 1. The largest absolute Gasteiger partial charge is 0.467 e. The molecule has 0 aliphatic heterocycles. The SMILES string of the molecule is O=C(NCC(O)c1ccco1)c1ccccc1[N+](=O)[O-]. The molecule has 0 fully saturated rings. The molecule has 1 amide bonds. The summed E-state index contributed by atoms with van der Waals surface area (Å²) in [4.78, 5) is 22.1. The van der Waals surface area contributed by atoms with Crippen LogP contribution in [0, 0.1) is 10.1 Å². The second kappa shape index (κ2) is 5.98. The molecule has 2 rings (SSSR count). The molecule has 1 aromatic carbocycles. The summed E-state index contributed by atoms with van der Waals surface area (Å²) in [7, 11) is 0. The van der Waals surface area contributed by atoms with Gasteiger partial charge in [0.2, 0.25) is 0 Å². The van der Waals surface area contributed by atoms with Gasteiger partial charge in [0.1, 0.15) is 17.4 Å². The van der Waals surface area contributed by atoms with E-state index in [0.717, 1.165) is 0 Å². The highest BCUT2D eigenvalue weighted by Gasteiger charge is 2.20. The minimum absolute atomic E-state index is 0.0517. The van der Waals surface area contributed by atoms with Gasteiger partial charge >= 0.3 is 0 Å². The smallest absolute Gasteiger partial charge is 0.282 e. The number of aliphatic hydroxyl groups is 1. The van der Waals surface area contributed by atoms with Gasteiger partial charge in [0.05, 0.1) is 17.7 Å². The molecule has 1 aromatic heterocycles. The van der Waals surface area contributed by atoms with Crippen LogP contribution in [0.25, 0.3) is 0 Å². The Morgan fingerprint density at radius 2 is 2.10 bits per heavy atom. The van der Waals surface area contributed by atoms with Crippen molar-refractivity contribution in [1.29, 1.82) is 0 Å². The summed E-state index contributed by atoms with van der Waals surface area (Å²) in [6, 6.07) is 8.80. The van der Waals surface area contributed by atoms with E-state index in [2.05, 4.69) is 5.32 Å². The molecule has 20 heavy (non-hydrogen) atoms. The average Bonchev–Trinajstić information content (AvgIpc) is 2.98. The summed E-state index contributed by atoms with van der Waals surface area (Å²) < 4.78 is 4.99. The summed E-state index contributed by atoms with van der Waals surface area (Å²) in [6.07, 6.45) is 0.402. The molecule has 0 bridgehead atoms. The summed E-state index contributed by atoms with van der Waals surface area (Å²) in [5.74, 6) is -0.309. The van der Waals surface area contributed by atoms with E-state index in [9.17, 15) is 20.0 Å². The lowest BCUT2D eigenvalue weighted by Gasteiger charge is -2.09. The zero-order chi connectivity index (χ0) is 14.5. The van der Waals surface area contributed by atoms with Crippen molar-refractivity contribution >= 4 is 11.6 Å². The molecule has 1 heterocycles. The van der Waals surface area contributed by atoms with Gasteiger partial charge in [-0.15, -0.1) is 0 Å². The molecule has 0 aliphatic rings. The van der Waals surface area contributed by atoms with Crippen LogP contribution in [-0.4, -0.2) is 22.5 Å². The Morgan fingerprint density at radius 3 is 2.75 bits per heavy atom. The number of carbonyl (C=O) groups excluding carboxylic acids is 1. The highest BCUT2D eigenvalue weighted by atomic mass is 16.6. The number of amides is 1. The lowest BCUT2D eigenvalue weighted by atomic mass is 10.1. The first kappa shape index (κ1) is 13.8. The van der Waals surface area contributed by atoms with E-state index < -0.39 is 16.9 Å². The summed E-state index contributed by atoms with van der Waals surface area (Å²) >= 11 is 0. The van der Waals surface area contributed by atoms with Gasteiger partial charge in [-0.05, 0) is 18.2 Å². The van der Waals surface area contributed by atoms with Crippen molar-refractivity contribution in [2.45, 2.75) is 6.10 Å². The predicted octanol–water partition coefficient (Wildman–Crippen LogP) is 1.65. The van der Waals surface area contributed by atoms with Gasteiger partial charge in [0.15, 0.2) is 0 Å². The minimum Gasteiger partial charge on any atom is -0.467 e. The van der Waals surface area contributed by atoms with Crippen molar-refractivity contribution in [3.05, 3.63) is 64.1 Å². The van der Waals surface area contributed by atoms with E-state index in [-0.39, 0.29) is 17.8 Å². The standard InChI is InChI=1S/C13H12N2O5/c16-11(12-6-3-7-20-12)8-14-13(17)9-4-1-2-5-10(9)15(18)19/h1-7,11,16H,8H2,(H,14,17). The number of nitro groups is 1. The third-order valence-electron chi connectivity index (χ3n) is 2.67. The average molecular weight is 276 g/mol. The Morgan fingerprint density at radius 1 is 1.35 bits per heavy atom. The number of carbonyl (C=O) groups is 1. The van der Waals surface area contributed by atoms with Crippen LogP contribution < -0.4 is 5.32 Å². The van der Waals surface area contributed by atoms with Crippen molar-refractivity contribution in [1.82, 2.24) is 5.32 Å². The van der Waals surface area contributed by atoms with Gasteiger partial charge in [0, 0.05) is 6.07 Å². The number of rotatable bonds is 5. The molecule has 0 radical (unpaired) electrons. The van der Waals surface area contributed by atoms with E-state index in [4.69, 9.17) is 4.42 Å². The first-order chi connectivity index (χ1) is 9.59. The zero-order valence-corrected chi connectivity index (χ0v) is 10.4. The van der Waals surface area contributed by atoms with Crippen LogP contribution >= 0.6 is 0 Å². The Balaban J connectivity index is 2.04. The quantitative estimate of drug-likeness (QED) is 0.638. The van der Waals surface area contributed by atoms with Crippen molar-refractivity contribution < 1.29 is 19.2 Å². The Bertz CT molecular complexity index is 609. The highest BCUT2D eigenvalue weighted by Crippen LogP contribution is 2.18. The number of aliphatic hydroxyl groups excluding tert-OH is 1. The van der Waals surface area contributed by atoms with E-state index >= 15 is 0 Å². The Hall–Kier alpha value is -2.67. The molecule has 0 saturated heterocycles. The predicted molar refractivity (Wildman–Crippen MR) is 69.1 cm³/mol. The number of nitrogens with one attached hydrogen (secondary N) is 1. The summed E-state index contributed by atoms with van der Waals surface area (Å²) in [5, 5.41) is 23.0. The molecule has 2 N–H and O–H groups in total. The van der Waals surface area contributed by atoms with Crippen molar-refractivity contribution in [2.24, 2.45) is 0 Å². The van der Waals surface area contributed by atoms with E-state index in [1.807, 2.05) is 0 Å². The molecule has 7 heteroatoms. The second-order valence-electron chi connectivity index (χ2n) is 4.02. The molecule has 104 valence electrons. The number of benzene rings is 1. The van der Waals surface area contributed by atoms with E-state index in [0.29, 0.717) is 5.76 Å². The molecule has 1 unspecified atom stereocenters. The van der Waals surface area contributed by atoms with Gasteiger partial charge in [-0.2, -0.15) is 0 Å². The van der Waals surface area contributed by atoms with Gasteiger partial charge in [-0.25, -0.2) is 0 Å². The molecule has 2 aromatic rings. The zero-order valence-electron chi connectivity index (χ0n) is 10.4. The van der Waals surface area contributed by atoms with Crippen molar-refractivity contribution in [3.8, 4) is 0 Å². The lowest BCUT2D eigenvalue weighted by molar-refractivity contribution is -0.385. The highest BCUT2D eigenvalue weighted by molar-refractivity contribution is 5.98. The fourth-order valence-corrected chi connectivity index (χ4v) is 1.69. The van der Waals surface area contributed by atoms with Crippen LogP contribution in [0.1, 0.15) is 22.2 Å². The van der Waals surface area contributed by atoms with Crippen LogP contribution in [0.4, 0.5) is 5.69 Å². The number of hydrogen-bond acceptors (Lipinski definition) is 5. The third kappa shape index (κ3) is 3.01. The van der Waals surface area contributed by atoms with E-state index in [1.54, 1.807) is 12.1 Å². The van der Waals surface area contributed by atoms with Gasteiger partial charge in [0.25, 0.3) is 11.6 Å². The van der Waals surface area contributed by atoms with Crippen LogP contribution in [0.3, 0.4) is 0 Å². The van der Waals surface area contributed by atoms with E-state index in [1.165, 1.54) is 30.5 Å². The first-order valence-corrected chi connectivity index (χ1v) is 5.82. The molecule has 0 saturated carbocycles. The topological polar surface area (TPSA) is 106 Å². The molecule has 0 spiro atoms. The maximum Gasteiger partial charge on any atom is 0.282 e. The van der Waals surface area contributed by atoms with Crippen LogP contribution in [0.5, 0.6) is 0 Å². The maximum absolute atomic E-state index is 11.9. The van der Waals surface area contributed by atoms with Crippen molar-refractivity contribution in [3.63, 3.8) is 0 Å². The van der Waals surface area contributed by atoms with Gasteiger partial charge in [-0.3, -0.25) is 14.9 Å². The van der Waals surface area contributed by atoms with Gasteiger partial charge < -0.3 is 14.8 Å². The maximum atomic E-state index is 11.9. The second-order valence-corrected chi connectivity index (χ2v) is 4.02. The number of hydrogen-bond donors (Lipinski definition) is 2. The number of para-hydroxylation sites is 1. The summed E-state index contributed by atoms with van der Waals surface area (Å²) in [5.41, 5.74) is -0.332. The molecule has 1 atom stereocenters. The first-order valence-electron chi connectivity index (χ1n) is 5.82. The van der Waals surface area contributed by atoms with Gasteiger partial charge in [-0.1, -0.05) is 12.1 Å². The van der Waals surface area contributed by atoms with Crippen LogP contribution in [0.15, 0.2) is 47.1 Å².